The molecule has 33 heavy (non-hydrogen) atoms. The number of rotatable bonds is 7. The zero-order valence-corrected chi connectivity index (χ0v) is 18.5. The lowest BCUT2D eigenvalue weighted by atomic mass is 10.2. The SMILES string of the molecule is CCCCn1c(=O)[nH]c(=O)c2c1nc(COC(=O)c1ccc(-n3c(C)c[nH]c3=O)cc1)n2C. The molecule has 0 saturated heterocycles. The number of aromatic amines is 2. The number of nitrogens with zero attached hydrogens (tertiary/aromatic N) is 4. The molecule has 0 saturated carbocycles. The molecule has 0 radical (unpaired) electrons. The molecule has 0 bridgehead atoms. The van der Waals surface area contributed by atoms with Crippen LogP contribution >= 0.6 is 0 Å². The van der Waals surface area contributed by atoms with Gasteiger partial charge in [-0.25, -0.2) is 19.4 Å². The van der Waals surface area contributed by atoms with Gasteiger partial charge in [-0.05, 0) is 37.6 Å². The number of hydrogen-bond donors (Lipinski definition) is 2. The summed E-state index contributed by atoms with van der Waals surface area (Å²) in [6, 6.07) is 6.44. The molecular weight excluding hydrogens is 428 g/mol. The van der Waals surface area contributed by atoms with Gasteiger partial charge >= 0.3 is 17.3 Å². The van der Waals surface area contributed by atoms with Gasteiger partial charge in [0.1, 0.15) is 12.4 Å². The smallest absolute Gasteiger partial charge is 0.338 e. The third-order valence-corrected chi connectivity index (χ3v) is 5.49. The van der Waals surface area contributed by atoms with Gasteiger partial charge in [-0.15, -0.1) is 0 Å². The van der Waals surface area contributed by atoms with Crippen LogP contribution in [0.4, 0.5) is 0 Å². The van der Waals surface area contributed by atoms with E-state index in [-0.39, 0.29) is 23.5 Å². The second-order valence-electron chi connectivity index (χ2n) is 7.72. The van der Waals surface area contributed by atoms with Crippen molar-refractivity contribution in [1.82, 2.24) is 28.7 Å². The quantitative estimate of drug-likeness (QED) is 0.406. The summed E-state index contributed by atoms with van der Waals surface area (Å²) < 4.78 is 9.83. The topological polar surface area (TPSA) is 137 Å². The number of hydrogen-bond acceptors (Lipinski definition) is 6. The van der Waals surface area contributed by atoms with E-state index >= 15 is 0 Å². The van der Waals surface area contributed by atoms with E-state index in [1.165, 1.54) is 13.7 Å². The Balaban J connectivity index is 1.56. The minimum absolute atomic E-state index is 0.177. The number of esters is 1. The van der Waals surface area contributed by atoms with E-state index in [4.69, 9.17) is 4.74 Å². The number of aromatic nitrogens is 6. The fraction of sp³-hybridized carbons (Fsp3) is 0.318. The molecule has 0 amide bonds. The lowest BCUT2D eigenvalue weighted by molar-refractivity contribution is 0.0459. The monoisotopic (exact) mass is 452 g/mol. The van der Waals surface area contributed by atoms with Gasteiger partial charge in [0, 0.05) is 25.5 Å². The van der Waals surface area contributed by atoms with E-state index in [0.717, 1.165) is 18.5 Å². The maximum atomic E-state index is 12.5. The Morgan fingerprint density at radius 2 is 1.85 bits per heavy atom. The van der Waals surface area contributed by atoms with E-state index in [9.17, 15) is 19.2 Å². The molecule has 1 aromatic carbocycles. The molecule has 11 nitrogen and oxygen atoms in total. The highest BCUT2D eigenvalue weighted by Gasteiger charge is 2.18. The Kier molecular flexibility index (Phi) is 5.86. The number of carbonyl (C=O) groups is 1. The normalized spacial score (nSPS) is 11.2. The third kappa shape index (κ3) is 4.04. The number of imidazole rings is 2. The number of ether oxygens (including phenoxy) is 1. The van der Waals surface area contributed by atoms with Crippen LogP contribution < -0.4 is 16.9 Å². The molecule has 172 valence electrons. The van der Waals surface area contributed by atoms with Crippen LogP contribution in [0.25, 0.3) is 16.9 Å². The van der Waals surface area contributed by atoms with Crippen molar-refractivity contribution in [2.45, 2.75) is 39.8 Å². The number of benzene rings is 1. The van der Waals surface area contributed by atoms with E-state index in [2.05, 4.69) is 15.0 Å². The summed E-state index contributed by atoms with van der Waals surface area (Å²) >= 11 is 0. The molecule has 2 N–H and O–H groups in total. The highest BCUT2D eigenvalue weighted by atomic mass is 16.5. The van der Waals surface area contributed by atoms with Crippen molar-refractivity contribution >= 4 is 17.1 Å². The Labute approximate surface area is 187 Å². The van der Waals surface area contributed by atoms with E-state index < -0.39 is 17.2 Å². The summed E-state index contributed by atoms with van der Waals surface area (Å²) in [4.78, 5) is 58.4. The average Bonchev–Trinajstić information content (AvgIpc) is 3.30. The van der Waals surface area contributed by atoms with Crippen LogP contribution in [0.1, 0.15) is 41.6 Å². The molecule has 0 fully saturated rings. The van der Waals surface area contributed by atoms with E-state index in [1.807, 2.05) is 6.92 Å². The average molecular weight is 452 g/mol. The minimum Gasteiger partial charge on any atom is -0.454 e. The van der Waals surface area contributed by atoms with Crippen LogP contribution in [0.15, 0.2) is 44.8 Å². The summed E-state index contributed by atoms with van der Waals surface area (Å²) in [6.45, 7) is 4.05. The molecule has 0 atom stereocenters. The van der Waals surface area contributed by atoms with Crippen LogP contribution in [-0.2, 0) is 24.9 Å². The predicted octanol–water partition coefficient (Wildman–Crippen LogP) is 1.37. The molecule has 4 aromatic rings. The van der Waals surface area contributed by atoms with E-state index in [1.54, 1.807) is 44.4 Å². The number of fused-ring (bicyclic) bond motifs is 1. The van der Waals surface area contributed by atoms with Gasteiger partial charge in [0.25, 0.3) is 5.56 Å². The first kappa shape index (κ1) is 22.1. The van der Waals surface area contributed by atoms with Gasteiger partial charge in [0.15, 0.2) is 11.2 Å². The highest BCUT2D eigenvalue weighted by molar-refractivity contribution is 5.89. The van der Waals surface area contributed by atoms with Gasteiger partial charge in [0.2, 0.25) is 0 Å². The lowest BCUT2D eigenvalue weighted by Gasteiger charge is -2.07. The maximum absolute atomic E-state index is 12.5. The van der Waals surface area contributed by atoms with Crippen LogP contribution in [0.2, 0.25) is 0 Å². The van der Waals surface area contributed by atoms with Crippen molar-refractivity contribution in [1.29, 1.82) is 0 Å². The molecule has 0 spiro atoms. The van der Waals surface area contributed by atoms with Crippen molar-refractivity contribution < 1.29 is 9.53 Å². The first-order chi connectivity index (χ1) is 15.8. The number of aryl methyl sites for hydroxylation is 3. The maximum Gasteiger partial charge on any atom is 0.338 e. The van der Waals surface area contributed by atoms with Crippen molar-refractivity contribution in [3.05, 3.63) is 78.9 Å². The molecule has 11 heteroatoms. The van der Waals surface area contributed by atoms with Crippen LogP contribution in [-0.4, -0.2) is 34.6 Å². The van der Waals surface area contributed by atoms with Crippen LogP contribution in [0.3, 0.4) is 0 Å². The fourth-order valence-corrected chi connectivity index (χ4v) is 3.68. The second kappa shape index (κ2) is 8.77. The largest absolute Gasteiger partial charge is 0.454 e. The highest BCUT2D eigenvalue weighted by Crippen LogP contribution is 2.14. The fourth-order valence-electron chi connectivity index (χ4n) is 3.68. The first-order valence-electron chi connectivity index (χ1n) is 10.5. The number of H-pyrrole nitrogens is 2. The number of unbranched alkanes of at least 4 members (excludes halogenated alkanes) is 1. The third-order valence-electron chi connectivity index (χ3n) is 5.49. The van der Waals surface area contributed by atoms with Crippen molar-refractivity contribution in [2.75, 3.05) is 0 Å². The van der Waals surface area contributed by atoms with Gasteiger partial charge in [0.05, 0.1) is 11.3 Å². The summed E-state index contributed by atoms with van der Waals surface area (Å²) in [5, 5.41) is 0. The van der Waals surface area contributed by atoms with Gasteiger partial charge < -0.3 is 14.3 Å². The van der Waals surface area contributed by atoms with E-state index in [0.29, 0.717) is 23.6 Å². The summed E-state index contributed by atoms with van der Waals surface area (Å²) in [5.41, 5.74) is 0.851. The van der Waals surface area contributed by atoms with Gasteiger partial charge in [-0.3, -0.25) is 18.9 Å². The zero-order chi connectivity index (χ0) is 23.7. The molecule has 0 unspecified atom stereocenters. The first-order valence-corrected chi connectivity index (χ1v) is 10.5. The Morgan fingerprint density at radius 1 is 1.12 bits per heavy atom. The van der Waals surface area contributed by atoms with Crippen molar-refractivity contribution in [3.63, 3.8) is 0 Å². The zero-order valence-electron chi connectivity index (χ0n) is 18.5. The summed E-state index contributed by atoms with van der Waals surface area (Å²) in [5.74, 6) is -0.241. The molecule has 4 rings (SSSR count). The molecule has 3 aromatic heterocycles. The van der Waals surface area contributed by atoms with Gasteiger partial charge in [-0.1, -0.05) is 13.3 Å². The predicted molar refractivity (Wildman–Crippen MR) is 121 cm³/mol. The molecule has 0 aliphatic rings. The Morgan fingerprint density at radius 3 is 2.48 bits per heavy atom. The standard InChI is InChI=1S/C22H24N6O5/c1-4-5-10-27-18-17(19(29)25-22(27)32)26(3)16(24-18)12-33-20(30)14-6-8-15(9-7-14)28-13(2)11-23-21(28)31/h6-9,11H,4-5,10,12H2,1-3H3,(H,23,31)(H,25,29,32). The van der Waals surface area contributed by atoms with Crippen LogP contribution in [0.5, 0.6) is 0 Å². The summed E-state index contributed by atoms with van der Waals surface area (Å²) in [7, 11) is 1.63. The van der Waals surface area contributed by atoms with Gasteiger partial charge in [-0.2, -0.15) is 0 Å². The molecular formula is C22H24N6O5. The minimum atomic E-state index is -0.580. The molecule has 0 aliphatic carbocycles. The summed E-state index contributed by atoms with van der Waals surface area (Å²) in [6.07, 6.45) is 3.24. The Bertz CT molecular complexity index is 1500. The molecule has 0 aliphatic heterocycles. The number of nitrogens with one attached hydrogen (secondary N) is 2. The number of carbonyl (C=O) groups excluding carboxylic acids is 1. The second-order valence-corrected chi connectivity index (χ2v) is 7.72. The molecule has 3 heterocycles. The van der Waals surface area contributed by atoms with Crippen molar-refractivity contribution in [2.24, 2.45) is 7.05 Å². The Hall–Kier alpha value is -4.15. The lowest BCUT2D eigenvalue weighted by Crippen LogP contribution is -2.31. The van der Waals surface area contributed by atoms with Crippen molar-refractivity contribution in [3.8, 4) is 5.69 Å². The van der Waals surface area contributed by atoms with Crippen LogP contribution in [0, 0.1) is 6.92 Å².